The lowest BCUT2D eigenvalue weighted by Gasteiger charge is -2.25. The van der Waals surface area contributed by atoms with Crippen LogP contribution in [0.4, 0.5) is 0 Å². The Morgan fingerprint density at radius 2 is 1.93 bits per heavy atom. The summed E-state index contributed by atoms with van der Waals surface area (Å²) in [5, 5.41) is 10.8. The van der Waals surface area contributed by atoms with E-state index < -0.39 is 12.2 Å². The summed E-state index contributed by atoms with van der Waals surface area (Å²) >= 11 is 8.09. The summed E-state index contributed by atoms with van der Waals surface area (Å²) in [6.07, 6.45) is 4.23. The van der Waals surface area contributed by atoms with Crippen LogP contribution in [0.3, 0.4) is 0 Å². The normalized spacial score (nSPS) is 18.7. The van der Waals surface area contributed by atoms with E-state index in [0.717, 1.165) is 51.2 Å². The van der Waals surface area contributed by atoms with Gasteiger partial charge in [-0.1, -0.05) is 23.7 Å². The zero-order valence-electron chi connectivity index (χ0n) is 23.3. The highest BCUT2D eigenvalue weighted by Gasteiger charge is 2.39. The van der Waals surface area contributed by atoms with Crippen LogP contribution in [0.5, 0.6) is 11.5 Å². The summed E-state index contributed by atoms with van der Waals surface area (Å²) < 4.78 is 25.5. The van der Waals surface area contributed by atoms with Gasteiger partial charge in [0.05, 0.1) is 37.9 Å². The molecule has 11 heteroatoms. The van der Waals surface area contributed by atoms with E-state index in [2.05, 4.69) is 19.7 Å². The third kappa shape index (κ3) is 5.20. The van der Waals surface area contributed by atoms with Crippen LogP contribution in [0, 0.1) is 0 Å². The molecule has 2 aromatic carbocycles. The third-order valence-electron chi connectivity index (χ3n) is 7.65. The molecule has 41 heavy (non-hydrogen) atoms. The summed E-state index contributed by atoms with van der Waals surface area (Å²) in [4.78, 5) is 17.5. The smallest absolute Gasteiger partial charge is 0.313 e. The molecule has 214 valence electrons. The second kappa shape index (κ2) is 11.4. The van der Waals surface area contributed by atoms with Gasteiger partial charge in [0.1, 0.15) is 18.0 Å². The van der Waals surface area contributed by atoms with Gasteiger partial charge in [-0.2, -0.15) is 0 Å². The molecule has 9 nitrogen and oxygen atoms in total. The lowest BCUT2D eigenvalue weighted by Crippen LogP contribution is -2.13. The Balaban J connectivity index is 1.42. The third-order valence-corrected chi connectivity index (χ3v) is 9.12. The number of carbonyl (C=O) groups is 1. The first-order valence-electron chi connectivity index (χ1n) is 13.6. The van der Waals surface area contributed by atoms with Crippen molar-refractivity contribution in [2.24, 2.45) is 0 Å². The largest absolute Gasteiger partial charge is 0.493 e. The van der Waals surface area contributed by atoms with E-state index in [1.54, 1.807) is 20.4 Å². The van der Waals surface area contributed by atoms with Crippen LogP contribution in [0.2, 0.25) is 5.02 Å². The van der Waals surface area contributed by atoms with Gasteiger partial charge in [-0.25, -0.2) is 4.98 Å². The molecule has 0 amide bonds. The Labute approximate surface area is 247 Å². The fourth-order valence-electron chi connectivity index (χ4n) is 5.35. The fraction of sp³-hybridized carbons (Fsp3) is 0.400. The molecular weight excluding hydrogens is 564 g/mol. The van der Waals surface area contributed by atoms with E-state index in [4.69, 9.17) is 30.5 Å². The van der Waals surface area contributed by atoms with Gasteiger partial charge in [0, 0.05) is 39.6 Å². The van der Waals surface area contributed by atoms with Crippen molar-refractivity contribution >= 4 is 28.9 Å². The zero-order valence-corrected chi connectivity index (χ0v) is 24.9. The van der Waals surface area contributed by atoms with Crippen molar-refractivity contribution in [2.75, 3.05) is 21.3 Å². The number of hydrogen-bond donors (Lipinski definition) is 0. The van der Waals surface area contributed by atoms with Crippen molar-refractivity contribution in [2.45, 2.75) is 56.7 Å². The number of carbonyl (C=O) groups excluding carboxylic acids is 1. The first-order chi connectivity index (χ1) is 19.9. The SMILES string of the molecule is COC(=O)C(C)c1cnc(CCC2OC(c3cccc(OC)c3OC)c3cc(Cl)ccc3-n3c(C4CC4)nnc32)s1. The Morgan fingerprint density at radius 1 is 1.12 bits per heavy atom. The van der Waals surface area contributed by atoms with Crippen molar-refractivity contribution in [3.05, 3.63) is 80.3 Å². The van der Waals surface area contributed by atoms with Crippen LogP contribution in [0.25, 0.3) is 5.69 Å². The molecule has 0 radical (unpaired) electrons. The highest BCUT2D eigenvalue weighted by atomic mass is 35.5. The molecule has 2 aromatic heterocycles. The number of ether oxygens (including phenoxy) is 4. The predicted molar refractivity (Wildman–Crippen MR) is 154 cm³/mol. The maximum Gasteiger partial charge on any atom is 0.313 e. The number of esters is 1. The van der Waals surface area contributed by atoms with Crippen molar-refractivity contribution in [1.82, 2.24) is 19.7 Å². The van der Waals surface area contributed by atoms with Gasteiger partial charge < -0.3 is 18.9 Å². The lowest BCUT2D eigenvalue weighted by molar-refractivity contribution is -0.141. The van der Waals surface area contributed by atoms with Gasteiger partial charge in [-0.15, -0.1) is 21.5 Å². The number of aryl methyl sites for hydroxylation is 1. The quantitative estimate of drug-likeness (QED) is 0.207. The molecule has 0 saturated heterocycles. The van der Waals surface area contributed by atoms with Gasteiger partial charge in [0.25, 0.3) is 0 Å². The molecule has 1 fully saturated rings. The Morgan fingerprint density at radius 3 is 2.66 bits per heavy atom. The fourth-order valence-corrected chi connectivity index (χ4v) is 6.51. The zero-order chi connectivity index (χ0) is 28.7. The van der Waals surface area contributed by atoms with Crippen LogP contribution in [-0.2, 0) is 20.7 Å². The van der Waals surface area contributed by atoms with Gasteiger partial charge in [0.2, 0.25) is 0 Å². The minimum absolute atomic E-state index is 0.278. The molecule has 0 spiro atoms. The van der Waals surface area contributed by atoms with Gasteiger partial charge in [-0.05, 0) is 50.5 Å². The van der Waals surface area contributed by atoms with Crippen molar-refractivity contribution in [1.29, 1.82) is 0 Å². The van der Waals surface area contributed by atoms with Crippen molar-refractivity contribution in [3.8, 4) is 17.2 Å². The average molecular weight is 595 g/mol. The number of benzene rings is 2. The molecule has 3 heterocycles. The average Bonchev–Trinajstić information content (AvgIpc) is 3.60. The number of rotatable bonds is 9. The minimum Gasteiger partial charge on any atom is -0.493 e. The standard InChI is InChI=1S/C30H31ClN4O5S/c1-16(30(36)39-4)24-15-32-25(41-24)13-12-23-29-34-33-28(17-8-9-17)35(29)21-11-10-18(31)14-20(21)26(40-23)19-6-5-7-22(37-2)27(19)38-3/h5-7,10-11,14-17,23,26H,8-9,12-13H2,1-4H3. The molecule has 0 bridgehead atoms. The summed E-state index contributed by atoms with van der Waals surface area (Å²) in [7, 11) is 4.65. The summed E-state index contributed by atoms with van der Waals surface area (Å²) in [5.41, 5.74) is 2.67. The number of thiazole rings is 1. The van der Waals surface area contributed by atoms with Crippen LogP contribution < -0.4 is 9.47 Å². The highest BCUT2D eigenvalue weighted by Crippen LogP contribution is 2.48. The molecule has 0 N–H and O–H groups in total. The topological polar surface area (TPSA) is 97.6 Å². The summed E-state index contributed by atoms with van der Waals surface area (Å²) in [6, 6.07) is 11.6. The number of nitrogens with zero attached hydrogens (tertiary/aromatic N) is 4. The molecule has 3 unspecified atom stereocenters. The van der Waals surface area contributed by atoms with E-state index in [9.17, 15) is 4.79 Å². The monoisotopic (exact) mass is 594 g/mol. The van der Waals surface area contributed by atoms with E-state index >= 15 is 0 Å². The second-order valence-corrected chi connectivity index (χ2v) is 11.8. The van der Waals surface area contributed by atoms with E-state index in [1.807, 2.05) is 43.3 Å². The van der Waals surface area contributed by atoms with E-state index in [1.165, 1.54) is 18.4 Å². The van der Waals surface area contributed by atoms with Crippen LogP contribution >= 0.6 is 22.9 Å². The van der Waals surface area contributed by atoms with Crippen LogP contribution in [0.1, 0.15) is 82.9 Å². The maximum absolute atomic E-state index is 12.1. The lowest BCUT2D eigenvalue weighted by atomic mass is 9.98. The first-order valence-corrected chi connectivity index (χ1v) is 14.8. The predicted octanol–water partition coefficient (Wildman–Crippen LogP) is 6.34. The summed E-state index contributed by atoms with van der Waals surface area (Å²) in [6.45, 7) is 1.83. The van der Waals surface area contributed by atoms with Crippen LogP contribution in [0.15, 0.2) is 42.6 Å². The molecule has 4 aromatic rings. The Hall–Kier alpha value is -3.47. The second-order valence-electron chi connectivity index (χ2n) is 10.3. The molecule has 1 aliphatic carbocycles. The Kier molecular flexibility index (Phi) is 7.72. The molecule has 3 atom stereocenters. The van der Waals surface area contributed by atoms with Crippen molar-refractivity contribution < 1.29 is 23.7 Å². The number of aromatic nitrogens is 4. The Bertz CT molecular complexity index is 1580. The number of hydrogen-bond acceptors (Lipinski definition) is 9. The maximum atomic E-state index is 12.1. The minimum atomic E-state index is -0.515. The van der Waals surface area contributed by atoms with E-state index in [0.29, 0.717) is 35.3 Å². The van der Waals surface area contributed by atoms with E-state index in [-0.39, 0.29) is 11.9 Å². The number of para-hydroxylation sites is 1. The molecule has 1 aliphatic heterocycles. The highest BCUT2D eigenvalue weighted by molar-refractivity contribution is 7.11. The molecule has 2 aliphatic rings. The van der Waals surface area contributed by atoms with Gasteiger partial charge in [-0.3, -0.25) is 9.36 Å². The number of halogens is 1. The number of methoxy groups -OCH3 is 3. The molecule has 1 saturated carbocycles. The van der Waals surface area contributed by atoms with Crippen molar-refractivity contribution in [3.63, 3.8) is 0 Å². The first kappa shape index (κ1) is 27.7. The number of fused-ring (bicyclic) bond motifs is 3. The summed E-state index contributed by atoms with van der Waals surface area (Å²) in [5.74, 6) is 2.63. The molecule has 6 rings (SSSR count). The van der Waals surface area contributed by atoms with Crippen LogP contribution in [-0.4, -0.2) is 47.0 Å². The molecular formula is C30H31ClN4O5S. The van der Waals surface area contributed by atoms with Gasteiger partial charge in [0.15, 0.2) is 17.3 Å². The van der Waals surface area contributed by atoms with Gasteiger partial charge >= 0.3 is 5.97 Å².